The van der Waals surface area contributed by atoms with Gasteiger partial charge in [-0.15, -0.1) is 0 Å². The van der Waals surface area contributed by atoms with Crippen LogP contribution in [0.15, 0.2) is 24.3 Å². The Morgan fingerprint density at radius 3 is 2.67 bits per heavy atom. The summed E-state index contributed by atoms with van der Waals surface area (Å²) >= 11 is 0. The van der Waals surface area contributed by atoms with E-state index in [1.807, 2.05) is 42.8 Å². The zero-order valence-electron chi connectivity index (χ0n) is 14.3. The van der Waals surface area contributed by atoms with Crippen LogP contribution in [0.2, 0.25) is 0 Å². The standard InChI is InChI=1S/C18H22N4O2/c1-13-17(14(2)22(21-13)12-4-11-19)9-10-18(23)20-15-5-7-16(24-3)8-6-15/h5-8H,4,9-10,12H2,1-3H3,(H,20,23). The number of nitriles is 1. The van der Waals surface area contributed by atoms with E-state index in [4.69, 9.17) is 10.00 Å². The van der Waals surface area contributed by atoms with Crippen LogP contribution in [0, 0.1) is 25.2 Å². The first-order chi connectivity index (χ1) is 11.5. The molecule has 1 aromatic carbocycles. The van der Waals surface area contributed by atoms with E-state index in [-0.39, 0.29) is 5.91 Å². The number of hydrogen-bond acceptors (Lipinski definition) is 4. The fraction of sp³-hybridized carbons (Fsp3) is 0.389. The van der Waals surface area contributed by atoms with Crippen molar-refractivity contribution in [3.8, 4) is 11.8 Å². The van der Waals surface area contributed by atoms with E-state index in [0.29, 0.717) is 25.8 Å². The SMILES string of the molecule is COc1ccc(NC(=O)CCc2c(C)nn(CCC#N)c2C)cc1. The third-order valence-corrected chi connectivity index (χ3v) is 3.94. The van der Waals surface area contributed by atoms with E-state index in [1.54, 1.807) is 7.11 Å². The Hall–Kier alpha value is -2.81. The van der Waals surface area contributed by atoms with Gasteiger partial charge in [-0.05, 0) is 50.1 Å². The molecule has 6 heteroatoms. The molecule has 1 heterocycles. The van der Waals surface area contributed by atoms with Crippen molar-refractivity contribution >= 4 is 11.6 Å². The van der Waals surface area contributed by atoms with Gasteiger partial charge in [0.2, 0.25) is 5.91 Å². The average molecular weight is 326 g/mol. The van der Waals surface area contributed by atoms with Crippen molar-refractivity contribution in [2.75, 3.05) is 12.4 Å². The summed E-state index contributed by atoms with van der Waals surface area (Å²) in [4.78, 5) is 12.1. The van der Waals surface area contributed by atoms with E-state index in [0.717, 1.165) is 28.4 Å². The summed E-state index contributed by atoms with van der Waals surface area (Å²) in [5.74, 6) is 0.716. The van der Waals surface area contributed by atoms with Gasteiger partial charge in [-0.1, -0.05) is 0 Å². The molecule has 0 saturated heterocycles. The van der Waals surface area contributed by atoms with Crippen LogP contribution in [0.1, 0.15) is 29.8 Å². The van der Waals surface area contributed by atoms with Crippen molar-refractivity contribution in [1.29, 1.82) is 5.26 Å². The first kappa shape index (κ1) is 17.5. The largest absolute Gasteiger partial charge is 0.497 e. The van der Waals surface area contributed by atoms with E-state index >= 15 is 0 Å². The molecule has 2 rings (SSSR count). The summed E-state index contributed by atoms with van der Waals surface area (Å²) in [6.07, 6.45) is 1.45. The van der Waals surface area contributed by atoms with Crippen LogP contribution in [0.5, 0.6) is 5.75 Å². The van der Waals surface area contributed by atoms with Gasteiger partial charge >= 0.3 is 0 Å². The highest BCUT2D eigenvalue weighted by molar-refractivity contribution is 5.90. The lowest BCUT2D eigenvalue weighted by Crippen LogP contribution is -2.12. The number of aromatic nitrogens is 2. The van der Waals surface area contributed by atoms with Crippen molar-refractivity contribution in [2.45, 2.75) is 39.7 Å². The normalized spacial score (nSPS) is 10.2. The zero-order chi connectivity index (χ0) is 17.5. The van der Waals surface area contributed by atoms with E-state index in [2.05, 4.69) is 16.5 Å². The van der Waals surface area contributed by atoms with Gasteiger partial charge in [-0.3, -0.25) is 9.48 Å². The van der Waals surface area contributed by atoms with Crippen LogP contribution < -0.4 is 10.1 Å². The third kappa shape index (κ3) is 4.35. The molecule has 126 valence electrons. The van der Waals surface area contributed by atoms with Crippen molar-refractivity contribution in [2.24, 2.45) is 0 Å². The van der Waals surface area contributed by atoms with Crippen molar-refractivity contribution in [3.63, 3.8) is 0 Å². The fourth-order valence-corrected chi connectivity index (χ4v) is 2.61. The van der Waals surface area contributed by atoms with Crippen molar-refractivity contribution in [1.82, 2.24) is 9.78 Å². The lowest BCUT2D eigenvalue weighted by atomic mass is 10.1. The number of nitrogens with zero attached hydrogens (tertiary/aromatic N) is 3. The van der Waals surface area contributed by atoms with Crippen LogP contribution in [-0.2, 0) is 17.8 Å². The Morgan fingerprint density at radius 2 is 2.04 bits per heavy atom. The molecular formula is C18H22N4O2. The fourth-order valence-electron chi connectivity index (χ4n) is 2.61. The van der Waals surface area contributed by atoms with Gasteiger partial charge in [0.15, 0.2) is 0 Å². The average Bonchev–Trinajstić information content (AvgIpc) is 2.85. The molecule has 0 saturated carbocycles. The predicted molar refractivity (Wildman–Crippen MR) is 91.9 cm³/mol. The van der Waals surface area contributed by atoms with Gasteiger partial charge in [-0.2, -0.15) is 10.4 Å². The Balaban J connectivity index is 1.93. The molecule has 1 amide bonds. The molecule has 0 atom stereocenters. The zero-order valence-corrected chi connectivity index (χ0v) is 14.3. The Kier molecular flexibility index (Phi) is 5.96. The van der Waals surface area contributed by atoms with Crippen molar-refractivity contribution in [3.05, 3.63) is 41.2 Å². The number of carbonyl (C=O) groups excluding carboxylic acids is 1. The molecule has 1 aromatic heterocycles. The summed E-state index contributed by atoms with van der Waals surface area (Å²) in [6.45, 7) is 4.50. The highest BCUT2D eigenvalue weighted by Gasteiger charge is 2.13. The Labute approximate surface area is 142 Å². The molecule has 24 heavy (non-hydrogen) atoms. The number of hydrogen-bond donors (Lipinski definition) is 1. The summed E-state index contributed by atoms with van der Waals surface area (Å²) < 4.78 is 6.94. The number of amides is 1. The number of nitrogens with one attached hydrogen (secondary N) is 1. The second kappa shape index (κ2) is 8.16. The molecule has 0 fully saturated rings. The topological polar surface area (TPSA) is 79.9 Å². The smallest absolute Gasteiger partial charge is 0.224 e. The number of carbonyl (C=O) groups is 1. The van der Waals surface area contributed by atoms with Gasteiger partial charge in [0.25, 0.3) is 0 Å². The van der Waals surface area contributed by atoms with Crippen LogP contribution in [0.3, 0.4) is 0 Å². The number of aryl methyl sites for hydroxylation is 2. The van der Waals surface area contributed by atoms with Gasteiger partial charge < -0.3 is 10.1 Å². The Morgan fingerprint density at radius 1 is 1.33 bits per heavy atom. The number of ether oxygens (including phenoxy) is 1. The van der Waals surface area contributed by atoms with Crippen LogP contribution in [0.4, 0.5) is 5.69 Å². The van der Waals surface area contributed by atoms with Gasteiger partial charge in [-0.25, -0.2) is 0 Å². The lowest BCUT2D eigenvalue weighted by molar-refractivity contribution is -0.116. The molecule has 6 nitrogen and oxygen atoms in total. The highest BCUT2D eigenvalue weighted by Crippen LogP contribution is 2.18. The molecule has 2 aromatic rings. The number of anilines is 1. The molecular weight excluding hydrogens is 304 g/mol. The Bertz CT molecular complexity index is 742. The first-order valence-corrected chi connectivity index (χ1v) is 7.89. The maximum absolute atomic E-state index is 12.1. The van der Waals surface area contributed by atoms with E-state index < -0.39 is 0 Å². The number of benzene rings is 1. The van der Waals surface area contributed by atoms with Crippen LogP contribution in [0.25, 0.3) is 0 Å². The molecule has 0 spiro atoms. The molecule has 1 N–H and O–H groups in total. The van der Waals surface area contributed by atoms with Gasteiger partial charge in [0.1, 0.15) is 5.75 Å². The predicted octanol–water partition coefficient (Wildman–Crippen LogP) is 2.99. The first-order valence-electron chi connectivity index (χ1n) is 7.89. The molecule has 0 aliphatic rings. The summed E-state index contributed by atoms with van der Waals surface area (Å²) in [6, 6.07) is 9.37. The molecule has 0 unspecified atom stereocenters. The molecule has 0 aliphatic carbocycles. The van der Waals surface area contributed by atoms with E-state index in [9.17, 15) is 4.79 Å². The highest BCUT2D eigenvalue weighted by atomic mass is 16.5. The van der Waals surface area contributed by atoms with Gasteiger partial charge in [0, 0.05) is 17.8 Å². The minimum absolute atomic E-state index is 0.0382. The quantitative estimate of drug-likeness (QED) is 0.848. The second-order valence-electron chi connectivity index (χ2n) is 5.56. The molecule has 0 radical (unpaired) electrons. The van der Waals surface area contributed by atoms with Gasteiger partial charge in [0.05, 0.1) is 31.8 Å². The maximum atomic E-state index is 12.1. The van der Waals surface area contributed by atoms with Crippen molar-refractivity contribution < 1.29 is 9.53 Å². The van der Waals surface area contributed by atoms with Crippen LogP contribution in [-0.4, -0.2) is 22.8 Å². The second-order valence-corrected chi connectivity index (χ2v) is 5.56. The lowest BCUT2D eigenvalue weighted by Gasteiger charge is -2.07. The molecule has 0 bridgehead atoms. The summed E-state index contributed by atoms with van der Waals surface area (Å²) in [7, 11) is 1.61. The monoisotopic (exact) mass is 326 g/mol. The number of methoxy groups -OCH3 is 1. The summed E-state index contributed by atoms with van der Waals surface area (Å²) in [5.41, 5.74) is 3.78. The van der Waals surface area contributed by atoms with E-state index in [1.165, 1.54) is 0 Å². The third-order valence-electron chi connectivity index (χ3n) is 3.94. The maximum Gasteiger partial charge on any atom is 0.224 e. The number of rotatable bonds is 7. The minimum atomic E-state index is -0.0382. The van der Waals surface area contributed by atoms with Crippen LogP contribution >= 0.6 is 0 Å². The summed E-state index contributed by atoms with van der Waals surface area (Å²) in [5, 5.41) is 16.0. The minimum Gasteiger partial charge on any atom is -0.497 e. The molecule has 0 aliphatic heterocycles.